The van der Waals surface area contributed by atoms with E-state index < -0.39 is 0 Å². The van der Waals surface area contributed by atoms with E-state index in [4.69, 9.17) is 0 Å². The smallest absolute Gasteiger partial charge is 0.285 e. The van der Waals surface area contributed by atoms with Gasteiger partial charge in [-0.15, -0.1) is 0 Å². The van der Waals surface area contributed by atoms with Gasteiger partial charge in [0.1, 0.15) is 0 Å². The van der Waals surface area contributed by atoms with Crippen molar-refractivity contribution in [3.05, 3.63) is 97.8 Å². The van der Waals surface area contributed by atoms with Gasteiger partial charge in [0.05, 0.1) is 24.3 Å². The zero-order valence-electron chi connectivity index (χ0n) is 16.9. The molecule has 0 unspecified atom stereocenters. The van der Waals surface area contributed by atoms with E-state index in [1.165, 1.54) is 4.57 Å². The Labute approximate surface area is 168 Å². The van der Waals surface area contributed by atoms with Crippen LogP contribution in [0.2, 0.25) is 0 Å². The molecule has 0 fully saturated rings. The van der Waals surface area contributed by atoms with Gasteiger partial charge in [-0.1, -0.05) is 60.2 Å². The minimum absolute atomic E-state index is 0.232. The van der Waals surface area contributed by atoms with Gasteiger partial charge in [-0.25, -0.2) is 4.79 Å². The first-order valence-electron chi connectivity index (χ1n) is 9.79. The van der Waals surface area contributed by atoms with E-state index in [1.807, 2.05) is 75.4 Å². The molecule has 0 spiro atoms. The highest BCUT2D eigenvalue weighted by molar-refractivity contribution is 5.77. The quantitative estimate of drug-likeness (QED) is 0.528. The highest BCUT2D eigenvalue weighted by atomic mass is 16.2. The molecule has 6 heteroatoms. The minimum atomic E-state index is -0.314. The van der Waals surface area contributed by atoms with Gasteiger partial charge in [0.15, 0.2) is 5.52 Å². The Morgan fingerprint density at radius 1 is 0.793 bits per heavy atom. The van der Waals surface area contributed by atoms with E-state index in [1.54, 1.807) is 9.25 Å². The summed E-state index contributed by atoms with van der Waals surface area (Å²) in [6.45, 7) is 7.01. The molecular weight excluding hydrogens is 364 g/mol. The molecule has 2 aromatic heterocycles. The molecule has 2 heterocycles. The van der Waals surface area contributed by atoms with Gasteiger partial charge < -0.3 is 0 Å². The van der Waals surface area contributed by atoms with Gasteiger partial charge in [-0.05, 0) is 31.9 Å². The van der Waals surface area contributed by atoms with Crippen molar-refractivity contribution in [1.82, 2.24) is 18.9 Å². The van der Waals surface area contributed by atoms with E-state index in [9.17, 15) is 9.59 Å². The molecule has 0 radical (unpaired) electrons. The van der Waals surface area contributed by atoms with Crippen LogP contribution < -0.4 is 11.2 Å². The third kappa shape index (κ3) is 3.42. The summed E-state index contributed by atoms with van der Waals surface area (Å²) in [4.78, 5) is 26.7. The van der Waals surface area contributed by atoms with Crippen LogP contribution in [0.25, 0.3) is 11.0 Å². The number of hydrogen-bond donors (Lipinski definition) is 0. The van der Waals surface area contributed by atoms with Gasteiger partial charge in [0.25, 0.3) is 5.56 Å². The molecule has 0 amide bonds. The second-order valence-electron chi connectivity index (χ2n) is 7.33. The standard InChI is InChI=1S/C23H24N4O2/c1-4-27-21-20(17(3)24-27)25(14-19-12-10-16(2)11-13-19)23(29)26(22(21)28)15-18-8-6-5-7-9-18/h5-13H,4,14-15H2,1-3H3. The topological polar surface area (TPSA) is 61.8 Å². The summed E-state index contributed by atoms with van der Waals surface area (Å²) in [7, 11) is 0. The summed E-state index contributed by atoms with van der Waals surface area (Å²) in [6.07, 6.45) is 0. The molecule has 0 saturated carbocycles. The van der Waals surface area contributed by atoms with Crippen LogP contribution in [0.5, 0.6) is 0 Å². The Kier molecular flexibility index (Phi) is 4.92. The van der Waals surface area contributed by atoms with Gasteiger partial charge >= 0.3 is 5.69 Å². The van der Waals surface area contributed by atoms with Crippen molar-refractivity contribution in [2.45, 2.75) is 40.4 Å². The molecule has 148 valence electrons. The predicted octanol–water partition coefficient (Wildman–Crippen LogP) is 3.09. The van der Waals surface area contributed by atoms with Crippen molar-refractivity contribution in [3.8, 4) is 0 Å². The van der Waals surface area contributed by atoms with Crippen molar-refractivity contribution in [2.75, 3.05) is 0 Å². The van der Waals surface area contributed by atoms with Gasteiger partial charge in [0, 0.05) is 6.54 Å². The van der Waals surface area contributed by atoms with Crippen molar-refractivity contribution < 1.29 is 0 Å². The highest BCUT2D eigenvalue weighted by Gasteiger charge is 2.20. The minimum Gasteiger partial charge on any atom is -0.285 e. The summed E-state index contributed by atoms with van der Waals surface area (Å²) in [5.41, 5.74) is 4.26. The van der Waals surface area contributed by atoms with E-state index in [-0.39, 0.29) is 17.8 Å². The second-order valence-corrected chi connectivity index (χ2v) is 7.33. The van der Waals surface area contributed by atoms with Crippen LogP contribution in [0.15, 0.2) is 64.2 Å². The first-order valence-corrected chi connectivity index (χ1v) is 9.79. The average molecular weight is 388 g/mol. The number of fused-ring (bicyclic) bond motifs is 1. The van der Waals surface area contributed by atoms with Crippen molar-refractivity contribution in [1.29, 1.82) is 0 Å². The maximum atomic E-state index is 13.4. The zero-order chi connectivity index (χ0) is 20.5. The van der Waals surface area contributed by atoms with Crippen molar-refractivity contribution >= 4 is 11.0 Å². The molecule has 0 bridgehead atoms. The van der Waals surface area contributed by atoms with E-state index in [0.29, 0.717) is 29.8 Å². The predicted molar refractivity (Wildman–Crippen MR) is 114 cm³/mol. The first kappa shape index (κ1) is 18.9. The van der Waals surface area contributed by atoms with E-state index in [0.717, 1.165) is 16.7 Å². The number of aryl methyl sites for hydroxylation is 3. The van der Waals surface area contributed by atoms with Crippen LogP contribution in [-0.2, 0) is 19.6 Å². The zero-order valence-corrected chi connectivity index (χ0v) is 16.9. The summed E-state index contributed by atoms with van der Waals surface area (Å²) in [5.74, 6) is 0. The average Bonchev–Trinajstić information content (AvgIpc) is 3.07. The Hall–Kier alpha value is -3.41. The van der Waals surface area contributed by atoms with Crippen LogP contribution in [0.4, 0.5) is 0 Å². The fourth-order valence-corrected chi connectivity index (χ4v) is 3.72. The summed E-state index contributed by atoms with van der Waals surface area (Å²) < 4.78 is 4.69. The highest BCUT2D eigenvalue weighted by Crippen LogP contribution is 2.16. The number of aromatic nitrogens is 4. The molecule has 29 heavy (non-hydrogen) atoms. The Balaban J connectivity index is 1.97. The van der Waals surface area contributed by atoms with E-state index in [2.05, 4.69) is 5.10 Å². The summed E-state index contributed by atoms with van der Waals surface area (Å²) in [5, 5.41) is 4.52. The van der Waals surface area contributed by atoms with E-state index >= 15 is 0 Å². The molecule has 4 rings (SSSR count). The molecule has 2 aromatic carbocycles. The third-order valence-electron chi connectivity index (χ3n) is 5.22. The first-order chi connectivity index (χ1) is 14.0. The number of benzene rings is 2. The molecule has 0 N–H and O–H groups in total. The van der Waals surface area contributed by atoms with Gasteiger partial charge in [0.2, 0.25) is 0 Å². The molecule has 0 aliphatic heterocycles. The van der Waals surface area contributed by atoms with Gasteiger partial charge in [-0.2, -0.15) is 5.10 Å². The fraction of sp³-hybridized carbons (Fsp3) is 0.261. The van der Waals surface area contributed by atoms with Crippen LogP contribution >= 0.6 is 0 Å². The van der Waals surface area contributed by atoms with Crippen molar-refractivity contribution in [3.63, 3.8) is 0 Å². The number of rotatable bonds is 5. The summed E-state index contributed by atoms with van der Waals surface area (Å²) >= 11 is 0. The van der Waals surface area contributed by atoms with Crippen LogP contribution in [0, 0.1) is 13.8 Å². The maximum Gasteiger partial charge on any atom is 0.332 e. The van der Waals surface area contributed by atoms with Gasteiger partial charge in [-0.3, -0.25) is 18.6 Å². The Bertz CT molecular complexity index is 1280. The lowest BCUT2D eigenvalue weighted by molar-refractivity contribution is 0.623. The van der Waals surface area contributed by atoms with Crippen LogP contribution in [0.3, 0.4) is 0 Å². The molecular formula is C23H24N4O2. The molecule has 0 atom stereocenters. The summed E-state index contributed by atoms with van der Waals surface area (Å²) in [6, 6.07) is 17.7. The lowest BCUT2D eigenvalue weighted by atomic mass is 10.1. The number of nitrogens with zero attached hydrogens (tertiary/aromatic N) is 4. The van der Waals surface area contributed by atoms with Crippen LogP contribution in [-0.4, -0.2) is 18.9 Å². The maximum absolute atomic E-state index is 13.4. The fourth-order valence-electron chi connectivity index (χ4n) is 3.72. The molecule has 4 aromatic rings. The normalized spacial score (nSPS) is 11.3. The lowest BCUT2D eigenvalue weighted by Crippen LogP contribution is -2.41. The Morgan fingerprint density at radius 2 is 1.41 bits per heavy atom. The largest absolute Gasteiger partial charge is 0.332 e. The third-order valence-corrected chi connectivity index (χ3v) is 5.22. The van der Waals surface area contributed by atoms with Crippen molar-refractivity contribution in [2.24, 2.45) is 0 Å². The second kappa shape index (κ2) is 7.54. The van der Waals surface area contributed by atoms with Crippen LogP contribution in [0.1, 0.15) is 29.3 Å². The monoisotopic (exact) mass is 388 g/mol. The molecule has 0 aliphatic rings. The SMILES string of the molecule is CCn1nc(C)c2c1c(=O)n(Cc1ccccc1)c(=O)n2Cc1ccc(C)cc1. The number of hydrogen-bond acceptors (Lipinski definition) is 3. The lowest BCUT2D eigenvalue weighted by Gasteiger charge is -2.13. The Morgan fingerprint density at radius 3 is 2.07 bits per heavy atom. The molecule has 6 nitrogen and oxygen atoms in total. The molecule has 0 saturated heterocycles. The molecule has 0 aliphatic carbocycles.